The lowest BCUT2D eigenvalue weighted by Crippen LogP contribution is -2.29. The van der Waals surface area contributed by atoms with Crippen LogP contribution in [0.4, 0.5) is 0 Å². The fourth-order valence-corrected chi connectivity index (χ4v) is 2.79. The van der Waals surface area contributed by atoms with Gasteiger partial charge in [0, 0.05) is 13.0 Å². The number of hydrogen-bond acceptors (Lipinski definition) is 3. The first-order valence-electron chi connectivity index (χ1n) is 7.73. The molecule has 1 amide bonds. The third-order valence-corrected chi connectivity index (χ3v) is 4.13. The summed E-state index contributed by atoms with van der Waals surface area (Å²) in [5.74, 6) is 1.52. The van der Waals surface area contributed by atoms with Gasteiger partial charge in [0.15, 0.2) is 0 Å². The fraction of sp³-hybridized carbons (Fsp3) is 0.933. The van der Waals surface area contributed by atoms with Crippen LogP contribution < -0.4 is 11.1 Å². The van der Waals surface area contributed by atoms with E-state index < -0.39 is 0 Å². The van der Waals surface area contributed by atoms with Crippen molar-refractivity contribution < 1.29 is 4.79 Å². The molecule has 0 unspecified atom stereocenters. The summed E-state index contributed by atoms with van der Waals surface area (Å²) in [4.78, 5) is 14.0. The van der Waals surface area contributed by atoms with Crippen LogP contribution in [0.15, 0.2) is 0 Å². The summed E-state index contributed by atoms with van der Waals surface area (Å²) in [6.07, 6.45) is 7.70. The number of hydrogen-bond donors (Lipinski definition) is 2. The Morgan fingerprint density at radius 3 is 2.37 bits per heavy atom. The van der Waals surface area contributed by atoms with Crippen LogP contribution in [0.2, 0.25) is 0 Å². The first-order valence-corrected chi connectivity index (χ1v) is 7.73. The predicted octanol–water partition coefficient (Wildman–Crippen LogP) is 1.60. The van der Waals surface area contributed by atoms with Gasteiger partial charge in [-0.3, -0.25) is 4.79 Å². The van der Waals surface area contributed by atoms with Gasteiger partial charge in [-0.2, -0.15) is 0 Å². The SMILES string of the molecule is CN(C)CCCCNC(=O)CC1CCC(CN)CC1. The highest BCUT2D eigenvalue weighted by Crippen LogP contribution is 2.29. The number of unbranched alkanes of at least 4 members (excludes halogenated alkanes) is 1. The van der Waals surface area contributed by atoms with Gasteiger partial charge < -0.3 is 16.0 Å². The van der Waals surface area contributed by atoms with Crippen LogP contribution in [-0.2, 0) is 4.79 Å². The highest BCUT2D eigenvalue weighted by atomic mass is 16.1. The summed E-state index contributed by atoms with van der Waals surface area (Å²) in [5, 5.41) is 3.05. The quantitative estimate of drug-likeness (QED) is 0.658. The van der Waals surface area contributed by atoms with Gasteiger partial charge in [0.25, 0.3) is 0 Å². The summed E-state index contributed by atoms with van der Waals surface area (Å²) in [7, 11) is 4.16. The first-order chi connectivity index (χ1) is 9.11. The van der Waals surface area contributed by atoms with Crippen molar-refractivity contribution >= 4 is 5.91 Å². The van der Waals surface area contributed by atoms with Crippen LogP contribution >= 0.6 is 0 Å². The van der Waals surface area contributed by atoms with Crippen molar-refractivity contribution in [3.05, 3.63) is 0 Å². The topological polar surface area (TPSA) is 58.4 Å². The number of carbonyl (C=O) groups excluding carboxylic acids is 1. The van der Waals surface area contributed by atoms with Crippen molar-refractivity contribution in [1.82, 2.24) is 10.2 Å². The number of nitrogens with two attached hydrogens (primary N) is 1. The summed E-state index contributed by atoms with van der Waals surface area (Å²) in [5.41, 5.74) is 5.68. The van der Waals surface area contributed by atoms with Gasteiger partial charge >= 0.3 is 0 Å². The molecule has 19 heavy (non-hydrogen) atoms. The molecule has 1 rings (SSSR count). The molecule has 0 spiro atoms. The molecule has 4 heteroatoms. The Morgan fingerprint density at radius 2 is 1.79 bits per heavy atom. The van der Waals surface area contributed by atoms with Gasteiger partial charge in [-0.1, -0.05) is 0 Å². The largest absolute Gasteiger partial charge is 0.356 e. The molecule has 0 aromatic rings. The van der Waals surface area contributed by atoms with E-state index in [0.717, 1.165) is 32.5 Å². The molecular formula is C15H31N3O. The van der Waals surface area contributed by atoms with E-state index in [4.69, 9.17) is 5.73 Å². The highest BCUT2D eigenvalue weighted by molar-refractivity contribution is 5.76. The zero-order valence-corrected chi connectivity index (χ0v) is 12.7. The summed E-state index contributed by atoms with van der Waals surface area (Å²) >= 11 is 0. The van der Waals surface area contributed by atoms with Crippen LogP contribution in [0, 0.1) is 11.8 Å². The van der Waals surface area contributed by atoms with Gasteiger partial charge in [-0.15, -0.1) is 0 Å². The monoisotopic (exact) mass is 269 g/mol. The second-order valence-corrected chi connectivity index (χ2v) is 6.19. The average Bonchev–Trinajstić information content (AvgIpc) is 2.39. The number of carbonyl (C=O) groups is 1. The Bertz CT molecular complexity index is 248. The van der Waals surface area contributed by atoms with E-state index in [2.05, 4.69) is 24.3 Å². The van der Waals surface area contributed by atoms with E-state index >= 15 is 0 Å². The van der Waals surface area contributed by atoms with Crippen molar-refractivity contribution in [2.45, 2.75) is 44.9 Å². The maximum atomic E-state index is 11.8. The lowest BCUT2D eigenvalue weighted by Gasteiger charge is -2.27. The molecule has 4 nitrogen and oxygen atoms in total. The van der Waals surface area contributed by atoms with Gasteiger partial charge in [-0.05, 0) is 77.5 Å². The average molecular weight is 269 g/mol. The van der Waals surface area contributed by atoms with Crippen molar-refractivity contribution in [2.75, 3.05) is 33.7 Å². The van der Waals surface area contributed by atoms with E-state index in [9.17, 15) is 4.79 Å². The van der Waals surface area contributed by atoms with Crippen molar-refractivity contribution in [3.63, 3.8) is 0 Å². The van der Waals surface area contributed by atoms with Gasteiger partial charge in [-0.25, -0.2) is 0 Å². The zero-order chi connectivity index (χ0) is 14.1. The van der Waals surface area contributed by atoms with Crippen LogP contribution in [0.25, 0.3) is 0 Å². The standard InChI is InChI=1S/C15H31N3O/c1-18(2)10-4-3-9-17-15(19)11-13-5-7-14(12-16)8-6-13/h13-14H,3-12,16H2,1-2H3,(H,17,19). The molecule has 0 aromatic heterocycles. The fourth-order valence-electron chi connectivity index (χ4n) is 2.79. The predicted molar refractivity (Wildman–Crippen MR) is 79.9 cm³/mol. The molecule has 112 valence electrons. The number of rotatable bonds is 8. The third-order valence-electron chi connectivity index (χ3n) is 4.13. The Morgan fingerprint density at radius 1 is 1.16 bits per heavy atom. The minimum Gasteiger partial charge on any atom is -0.356 e. The second-order valence-electron chi connectivity index (χ2n) is 6.19. The first kappa shape index (κ1) is 16.4. The van der Waals surface area contributed by atoms with E-state index in [0.29, 0.717) is 18.3 Å². The van der Waals surface area contributed by atoms with Crippen LogP contribution in [0.5, 0.6) is 0 Å². The molecule has 0 atom stereocenters. The molecule has 1 saturated carbocycles. The Labute approximate surface area is 118 Å². The minimum absolute atomic E-state index is 0.237. The molecular weight excluding hydrogens is 238 g/mol. The number of nitrogens with zero attached hydrogens (tertiary/aromatic N) is 1. The third kappa shape index (κ3) is 7.53. The minimum atomic E-state index is 0.237. The molecule has 1 fully saturated rings. The van der Waals surface area contributed by atoms with E-state index in [1.54, 1.807) is 0 Å². The maximum absolute atomic E-state index is 11.8. The number of nitrogens with one attached hydrogen (secondary N) is 1. The van der Waals surface area contributed by atoms with Gasteiger partial charge in [0.05, 0.1) is 0 Å². The molecule has 0 heterocycles. The molecule has 1 aliphatic rings. The van der Waals surface area contributed by atoms with Crippen molar-refractivity contribution in [2.24, 2.45) is 17.6 Å². The smallest absolute Gasteiger partial charge is 0.220 e. The molecule has 0 saturated heterocycles. The summed E-state index contributed by atoms with van der Waals surface area (Å²) in [6.45, 7) is 2.73. The van der Waals surface area contributed by atoms with Crippen molar-refractivity contribution in [3.8, 4) is 0 Å². The normalized spacial score (nSPS) is 23.6. The zero-order valence-electron chi connectivity index (χ0n) is 12.7. The molecule has 0 aromatic carbocycles. The lowest BCUT2D eigenvalue weighted by molar-refractivity contribution is -0.122. The highest BCUT2D eigenvalue weighted by Gasteiger charge is 2.21. The van der Waals surface area contributed by atoms with E-state index in [1.807, 2.05) is 0 Å². The Balaban J connectivity index is 2.02. The maximum Gasteiger partial charge on any atom is 0.220 e. The van der Waals surface area contributed by atoms with Crippen LogP contribution in [-0.4, -0.2) is 44.5 Å². The molecule has 3 N–H and O–H groups in total. The number of amides is 1. The molecule has 0 aliphatic heterocycles. The molecule has 0 radical (unpaired) electrons. The van der Waals surface area contributed by atoms with Crippen molar-refractivity contribution in [1.29, 1.82) is 0 Å². The van der Waals surface area contributed by atoms with E-state index in [1.165, 1.54) is 25.7 Å². The second kappa shape index (κ2) is 9.32. The van der Waals surface area contributed by atoms with Crippen LogP contribution in [0.1, 0.15) is 44.9 Å². The summed E-state index contributed by atoms with van der Waals surface area (Å²) in [6, 6.07) is 0. The van der Waals surface area contributed by atoms with E-state index in [-0.39, 0.29) is 5.91 Å². The lowest BCUT2D eigenvalue weighted by atomic mass is 9.80. The summed E-state index contributed by atoms with van der Waals surface area (Å²) < 4.78 is 0. The molecule has 1 aliphatic carbocycles. The Hall–Kier alpha value is -0.610. The van der Waals surface area contributed by atoms with Gasteiger partial charge in [0.2, 0.25) is 5.91 Å². The van der Waals surface area contributed by atoms with Gasteiger partial charge in [0.1, 0.15) is 0 Å². The molecule has 0 bridgehead atoms. The van der Waals surface area contributed by atoms with Crippen LogP contribution in [0.3, 0.4) is 0 Å². The Kier molecular flexibility index (Phi) is 8.07.